The van der Waals surface area contributed by atoms with Crippen LogP contribution in [0.5, 0.6) is 0 Å². The first-order valence-electron chi connectivity index (χ1n) is 5.37. The lowest BCUT2D eigenvalue weighted by Crippen LogP contribution is -2.02. The van der Waals surface area contributed by atoms with Gasteiger partial charge in [-0.05, 0) is 47.9 Å². The van der Waals surface area contributed by atoms with Gasteiger partial charge in [-0.1, -0.05) is 28.1 Å². The fourth-order valence-corrected chi connectivity index (χ4v) is 2.39. The largest absolute Gasteiger partial charge is 0.384 e. The molecule has 0 spiro atoms. The summed E-state index contributed by atoms with van der Waals surface area (Å²) in [5.74, 6) is -0.796. The Labute approximate surface area is 112 Å². The molecule has 4 heteroatoms. The standard InChI is InChI=1S/C14H11BrF2O/c1-8-4-9(6-11(17)5-8)14(18)12-3-2-10(16)7-13(12)15/h2-7,14,18H,1H3. The summed E-state index contributed by atoms with van der Waals surface area (Å²) in [6.07, 6.45) is -0.991. The first kappa shape index (κ1) is 13.2. The van der Waals surface area contributed by atoms with E-state index in [9.17, 15) is 13.9 Å². The maximum absolute atomic E-state index is 13.3. The topological polar surface area (TPSA) is 20.2 Å². The van der Waals surface area contributed by atoms with Crippen LogP contribution in [0.4, 0.5) is 8.78 Å². The van der Waals surface area contributed by atoms with Gasteiger partial charge in [0.05, 0.1) is 0 Å². The minimum absolute atomic E-state index is 0.395. The highest BCUT2D eigenvalue weighted by Gasteiger charge is 2.15. The molecular weight excluding hydrogens is 302 g/mol. The Bertz CT molecular complexity index is 564. The zero-order chi connectivity index (χ0) is 13.3. The molecule has 2 aromatic rings. The minimum atomic E-state index is -0.991. The molecule has 2 aromatic carbocycles. The minimum Gasteiger partial charge on any atom is -0.384 e. The van der Waals surface area contributed by atoms with Crippen LogP contribution in [0.25, 0.3) is 0 Å². The van der Waals surface area contributed by atoms with Crippen molar-refractivity contribution in [1.29, 1.82) is 0 Å². The first-order chi connectivity index (χ1) is 8.47. The third-order valence-corrected chi connectivity index (χ3v) is 3.32. The van der Waals surface area contributed by atoms with Crippen molar-refractivity contribution in [2.45, 2.75) is 13.0 Å². The first-order valence-corrected chi connectivity index (χ1v) is 6.17. The van der Waals surface area contributed by atoms with Gasteiger partial charge in [-0.25, -0.2) is 8.78 Å². The van der Waals surface area contributed by atoms with E-state index in [-0.39, 0.29) is 0 Å². The van der Waals surface area contributed by atoms with Crippen molar-refractivity contribution in [3.63, 3.8) is 0 Å². The third kappa shape index (κ3) is 2.76. The summed E-state index contributed by atoms with van der Waals surface area (Å²) in [5, 5.41) is 10.2. The molecule has 1 unspecified atom stereocenters. The van der Waals surface area contributed by atoms with Crippen LogP contribution in [0, 0.1) is 18.6 Å². The van der Waals surface area contributed by atoms with Crippen LogP contribution in [-0.2, 0) is 0 Å². The number of hydrogen-bond donors (Lipinski definition) is 1. The zero-order valence-corrected chi connectivity index (χ0v) is 11.2. The van der Waals surface area contributed by atoms with E-state index in [0.29, 0.717) is 15.6 Å². The smallest absolute Gasteiger partial charge is 0.124 e. The van der Waals surface area contributed by atoms with E-state index in [1.165, 1.54) is 30.3 Å². The second-order valence-corrected chi connectivity index (χ2v) is 4.98. The Hall–Kier alpha value is -1.26. The predicted octanol–water partition coefficient (Wildman–Crippen LogP) is 4.12. The monoisotopic (exact) mass is 312 g/mol. The molecule has 0 amide bonds. The van der Waals surface area contributed by atoms with Crippen LogP contribution >= 0.6 is 15.9 Å². The number of benzene rings is 2. The van der Waals surface area contributed by atoms with Crippen LogP contribution in [0.2, 0.25) is 0 Å². The van der Waals surface area contributed by atoms with Crippen LogP contribution in [-0.4, -0.2) is 5.11 Å². The number of aliphatic hydroxyl groups excluding tert-OH is 1. The van der Waals surface area contributed by atoms with Gasteiger partial charge in [0.25, 0.3) is 0 Å². The normalized spacial score (nSPS) is 12.5. The quantitative estimate of drug-likeness (QED) is 0.884. The molecule has 0 aliphatic carbocycles. The molecule has 0 heterocycles. The summed E-state index contributed by atoms with van der Waals surface area (Å²) in [6.45, 7) is 1.75. The molecule has 0 saturated carbocycles. The fraction of sp³-hybridized carbons (Fsp3) is 0.143. The molecule has 94 valence electrons. The molecule has 0 aliphatic rings. The number of aliphatic hydroxyl groups is 1. The molecule has 2 rings (SSSR count). The maximum atomic E-state index is 13.3. The summed E-state index contributed by atoms with van der Waals surface area (Å²) >= 11 is 3.19. The number of hydrogen-bond acceptors (Lipinski definition) is 1. The highest BCUT2D eigenvalue weighted by molar-refractivity contribution is 9.10. The number of halogens is 3. The van der Waals surface area contributed by atoms with Crippen molar-refractivity contribution in [2.75, 3.05) is 0 Å². The Kier molecular flexibility index (Phi) is 3.78. The summed E-state index contributed by atoms with van der Waals surface area (Å²) in [6, 6.07) is 8.36. The van der Waals surface area contributed by atoms with Crippen molar-refractivity contribution >= 4 is 15.9 Å². The van der Waals surface area contributed by atoms with Gasteiger partial charge in [-0.2, -0.15) is 0 Å². The fourth-order valence-electron chi connectivity index (χ4n) is 1.83. The van der Waals surface area contributed by atoms with Gasteiger partial charge >= 0.3 is 0 Å². The van der Waals surface area contributed by atoms with Crippen molar-refractivity contribution in [1.82, 2.24) is 0 Å². The van der Waals surface area contributed by atoms with Gasteiger partial charge in [-0.3, -0.25) is 0 Å². The van der Waals surface area contributed by atoms with Crippen LogP contribution in [0.15, 0.2) is 40.9 Å². The molecule has 0 bridgehead atoms. The average molecular weight is 313 g/mol. The van der Waals surface area contributed by atoms with E-state index < -0.39 is 17.7 Å². The van der Waals surface area contributed by atoms with Gasteiger partial charge < -0.3 is 5.11 Å². The highest BCUT2D eigenvalue weighted by Crippen LogP contribution is 2.29. The summed E-state index contributed by atoms with van der Waals surface area (Å²) in [7, 11) is 0. The van der Waals surface area contributed by atoms with Crippen LogP contribution in [0.3, 0.4) is 0 Å². The molecular formula is C14H11BrF2O. The van der Waals surface area contributed by atoms with Crippen molar-refractivity contribution < 1.29 is 13.9 Å². The molecule has 0 fully saturated rings. The zero-order valence-electron chi connectivity index (χ0n) is 9.62. The Morgan fingerprint density at radius 2 is 1.78 bits per heavy atom. The van der Waals surface area contributed by atoms with Gasteiger partial charge in [0.2, 0.25) is 0 Å². The lowest BCUT2D eigenvalue weighted by Gasteiger charge is -2.14. The van der Waals surface area contributed by atoms with E-state index in [0.717, 1.165) is 5.56 Å². The molecule has 0 radical (unpaired) electrons. The van der Waals surface area contributed by atoms with Gasteiger partial charge in [0.1, 0.15) is 17.7 Å². The molecule has 0 saturated heterocycles. The highest BCUT2D eigenvalue weighted by atomic mass is 79.9. The van der Waals surface area contributed by atoms with Crippen molar-refractivity contribution in [3.05, 3.63) is 69.2 Å². The molecule has 0 aliphatic heterocycles. The molecule has 0 aromatic heterocycles. The van der Waals surface area contributed by atoms with Crippen molar-refractivity contribution in [2.24, 2.45) is 0 Å². The third-order valence-electron chi connectivity index (χ3n) is 2.64. The van der Waals surface area contributed by atoms with E-state index in [1.54, 1.807) is 13.0 Å². The molecule has 1 atom stereocenters. The van der Waals surface area contributed by atoms with E-state index in [4.69, 9.17) is 0 Å². The maximum Gasteiger partial charge on any atom is 0.124 e. The van der Waals surface area contributed by atoms with Crippen LogP contribution < -0.4 is 0 Å². The van der Waals surface area contributed by atoms with Gasteiger partial charge in [-0.15, -0.1) is 0 Å². The molecule has 18 heavy (non-hydrogen) atoms. The lowest BCUT2D eigenvalue weighted by molar-refractivity contribution is 0.219. The SMILES string of the molecule is Cc1cc(F)cc(C(O)c2ccc(F)cc2Br)c1. The van der Waals surface area contributed by atoms with Crippen LogP contribution in [0.1, 0.15) is 22.8 Å². The second kappa shape index (κ2) is 5.16. The Morgan fingerprint density at radius 1 is 1.06 bits per heavy atom. The molecule has 1 nitrogen and oxygen atoms in total. The van der Waals surface area contributed by atoms with Gasteiger partial charge in [0, 0.05) is 4.47 Å². The second-order valence-electron chi connectivity index (χ2n) is 4.13. The number of rotatable bonds is 2. The van der Waals surface area contributed by atoms with E-state index >= 15 is 0 Å². The van der Waals surface area contributed by atoms with Crippen molar-refractivity contribution in [3.8, 4) is 0 Å². The molecule has 1 N–H and O–H groups in total. The number of aryl methyl sites for hydroxylation is 1. The predicted molar refractivity (Wildman–Crippen MR) is 69.3 cm³/mol. The Balaban J connectivity index is 2.44. The van der Waals surface area contributed by atoms with Gasteiger partial charge in [0.15, 0.2) is 0 Å². The average Bonchev–Trinajstić information content (AvgIpc) is 2.26. The lowest BCUT2D eigenvalue weighted by atomic mass is 10.00. The summed E-state index contributed by atoms with van der Waals surface area (Å²) in [4.78, 5) is 0. The van der Waals surface area contributed by atoms with E-state index in [2.05, 4.69) is 15.9 Å². The van der Waals surface area contributed by atoms with E-state index in [1.807, 2.05) is 0 Å². The Morgan fingerprint density at radius 3 is 2.39 bits per heavy atom. The summed E-state index contributed by atoms with van der Waals surface area (Å²) < 4.78 is 26.7. The summed E-state index contributed by atoms with van der Waals surface area (Å²) in [5.41, 5.74) is 1.67.